The second-order valence-electron chi connectivity index (χ2n) is 3.65. The van der Waals surface area contributed by atoms with Gasteiger partial charge in [0.15, 0.2) is 0 Å². The number of hydrogen-bond donors (Lipinski definition) is 2. The third kappa shape index (κ3) is 4.63. The Morgan fingerprint density at radius 2 is 1.84 bits per heavy atom. The molecule has 0 aromatic heterocycles. The van der Waals surface area contributed by atoms with Crippen LogP contribution in [0.15, 0.2) is 18.2 Å². The standard InChI is InChI=1S/C12H14F2N2O3/c1-19-7-3-6-15-11(17)12(18)16-10-8(13)4-2-5-9(10)14/h2,4-5H,3,6-7H2,1H3,(H,15,17)(H,16,18). The number of carbonyl (C=O) groups excluding carboxylic acids is 2. The van der Waals surface area contributed by atoms with Gasteiger partial charge < -0.3 is 15.4 Å². The lowest BCUT2D eigenvalue weighted by Crippen LogP contribution is -2.36. The number of nitrogens with one attached hydrogen (secondary N) is 2. The van der Waals surface area contributed by atoms with E-state index in [0.29, 0.717) is 13.0 Å². The number of methoxy groups -OCH3 is 1. The van der Waals surface area contributed by atoms with E-state index in [9.17, 15) is 18.4 Å². The summed E-state index contributed by atoms with van der Waals surface area (Å²) in [6.07, 6.45) is 0.531. The molecule has 19 heavy (non-hydrogen) atoms. The molecule has 0 saturated heterocycles. The van der Waals surface area contributed by atoms with Gasteiger partial charge in [0.2, 0.25) is 0 Å². The lowest BCUT2D eigenvalue weighted by atomic mass is 10.3. The van der Waals surface area contributed by atoms with E-state index in [1.807, 2.05) is 5.32 Å². The first-order valence-corrected chi connectivity index (χ1v) is 5.58. The molecule has 0 aliphatic heterocycles. The van der Waals surface area contributed by atoms with Crippen molar-refractivity contribution < 1.29 is 23.1 Å². The number of rotatable bonds is 5. The van der Waals surface area contributed by atoms with E-state index in [-0.39, 0.29) is 6.54 Å². The maximum atomic E-state index is 13.2. The summed E-state index contributed by atoms with van der Waals surface area (Å²) in [6, 6.07) is 3.12. The molecule has 2 amide bonds. The Labute approximate surface area is 108 Å². The molecule has 2 N–H and O–H groups in total. The first kappa shape index (κ1) is 15.0. The van der Waals surface area contributed by atoms with Crippen molar-refractivity contribution in [2.24, 2.45) is 0 Å². The van der Waals surface area contributed by atoms with Crippen LogP contribution >= 0.6 is 0 Å². The highest BCUT2D eigenvalue weighted by Gasteiger charge is 2.17. The predicted molar refractivity (Wildman–Crippen MR) is 64.5 cm³/mol. The minimum atomic E-state index is -1.12. The van der Waals surface area contributed by atoms with Gasteiger partial charge in [0.25, 0.3) is 0 Å². The van der Waals surface area contributed by atoms with E-state index in [1.54, 1.807) is 0 Å². The summed E-state index contributed by atoms with van der Waals surface area (Å²) in [4.78, 5) is 22.7. The van der Waals surface area contributed by atoms with Gasteiger partial charge in [-0.15, -0.1) is 0 Å². The fourth-order valence-electron chi connectivity index (χ4n) is 1.29. The molecule has 0 radical (unpaired) electrons. The van der Waals surface area contributed by atoms with Crippen molar-refractivity contribution in [3.05, 3.63) is 29.8 Å². The van der Waals surface area contributed by atoms with Crippen molar-refractivity contribution in [2.45, 2.75) is 6.42 Å². The summed E-state index contributed by atoms with van der Waals surface area (Å²) in [6.45, 7) is 0.670. The van der Waals surface area contributed by atoms with Crippen molar-refractivity contribution in [3.63, 3.8) is 0 Å². The van der Waals surface area contributed by atoms with E-state index in [4.69, 9.17) is 4.74 Å². The average molecular weight is 272 g/mol. The van der Waals surface area contributed by atoms with Crippen LogP contribution in [0.4, 0.5) is 14.5 Å². The Balaban J connectivity index is 2.52. The van der Waals surface area contributed by atoms with E-state index in [2.05, 4.69) is 5.32 Å². The molecule has 1 aromatic carbocycles. The summed E-state index contributed by atoms with van der Waals surface area (Å²) in [5.74, 6) is -3.97. The van der Waals surface area contributed by atoms with Crippen molar-refractivity contribution in [1.82, 2.24) is 5.32 Å². The van der Waals surface area contributed by atoms with Gasteiger partial charge in [-0.25, -0.2) is 8.78 Å². The smallest absolute Gasteiger partial charge is 0.313 e. The maximum absolute atomic E-state index is 13.2. The first-order chi connectivity index (χ1) is 9.06. The lowest BCUT2D eigenvalue weighted by Gasteiger charge is -2.07. The molecule has 0 atom stereocenters. The molecule has 0 saturated carbocycles. The van der Waals surface area contributed by atoms with Crippen LogP contribution in [0.1, 0.15) is 6.42 Å². The number of amides is 2. The van der Waals surface area contributed by atoms with Gasteiger partial charge in [0.05, 0.1) is 0 Å². The Bertz CT molecular complexity index is 446. The summed E-state index contributed by atoms with van der Waals surface area (Å²) in [5, 5.41) is 4.19. The van der Waals surface area contributed by atoms with Gasteiger partial charge in [0.1, 0.15) is 17.3 Å². The fourth-order valence-corrected chi connectivity index (χ4v) is 1.29. The van der Waals surface area contributed by atoms with Crippen LogP contribution in [-0.4, -0.2) is 32.1 Å². The Morgan fingerprint density at radius 3 is 2.42 bits per heavy atom. The van der Waals surface area contributed by atoms with Gasteiger partial charge in [-0.1, -0.05) is 6.07 Å². The van der Waals surface area contributed by atoms with E-state index in [1.165, 1.54) is 7.11 Å². The predicted octanol–water partition coefficient (Wildman–Crippen LogP) is 1.06. The van der Waals surface area contributed by atoms with Gasteiger partial charge in [-0.05, 0) is 18.6 Å². The van der Waals surface area contributed by atoms with Crippen molar-refractivity contribution in [2.75, 3.05) is 25.6 Å². The molecule has 0 unspecified atom stereocenters. The molecule has 1 aromatic rings. The largest absolute Gasteiger partial charge is 0.385 e. The van der Waals surface area contributed by atoms with Gasteiger partial charge in [0, 0.05) is 20.3 Å². The molecular formula is C12H14F2N2O3. The number of para-hydroxylation sites is 1. The molecule has 1 rings (SSSR count). The quantitative estimate of drug-likeness (QED) is 0.622. The highest BCUT2D eigenvalue weighted by Crippen LogP contribution is 2.17. The van der Waals surface area contributed by atoms with E-state index in [0.717, 1.165) is 18.2 Å². The molecule has 7 heteroatoms. The Morgan fingerprint density at radius 1 is 1.21 bits per heavy atom. The Hall–Kier alpha value is -2.02. The molecule has 0 bridgehead atoms. The van der Waals surface area contributed by atoms with Crippen LogP contribution in [0.2, 0.25) is 0 Å². The SMILES string of the molecule is COCCCNC(=O)C(=O)Nc1c(F)cccc1F. The van der Waals surface area contributed by atoms with Crippen LogP contribution in [0.25, 0.3) is 0 Å². The van der Waals surface area contributed by atoms with Gasteiger partial charge >= 0.3 is 11.8 Å². The zero-order valence-electron chi connectivity index (χ0n) is 10.3. The van der Waals surface area contributed by atoms with Gasteiger partial charge in [-0.3, -0.25) is 9.59 Å². The highest BCUT2D eigenvalue weighted by molar-refractivity contribution is 6.39. The second kappa shape index (κ2) is 7.42. The zero-order valence-corrected chi connectivity index (χ0v) is 10.3. The fraction of sp³-hybridized carbons (Fsp3) is 0.333. The molecule has 0 aliphatic rings. The lowest BCUT2D eigenvalue weighted by molar-refractivity contribution is -0.136. The third-order valence-corrected chi connectivity index (χ3v) is 2.22. The van der Waals surface area contributed by atoms with Crippen LogP contribution in [-0.2, 0) is 14.3 Å². The minimum absolute atomic E-state index is 0.236. The van der Waals surface area contributed by atoms with Crippen molar-refractivity contribution in [3.8, 4) is 0 Å². The van der Waals surface area contributed by atoms with E-state index >= 15 is 0 Å². The molecule has 0 aliphatic carbocycles. The maximum Gasteiger partial charge on any atom is 0.313 e. The molecule has 5 nitrogen and oxygen atoms in total. The minimum Gasteiger partial charge on any atom is -0.385 e. The number of ether oxygens (including phenoxy) is 1. The highest BCUT2D eigenvalue weighted by atomic mass is 19.1. The monoisotopic (exact) mass is 272 g/mol. The average Bonchev–Trinajstić information content (AvgIpc) is 2.38. The second-order valence-corrected chi connectivity index (χ2v) is 3.65. The summed E-state index contributed by atoms with van der Waals surface area (Å²) >= 11 is 0. The summed E-state index contributed by atoms with van der Waals surface area (Å²) in [5.41, 5.74) is -0.639. The molecule has 0 spiro atoms. The van der Waals surface area contributed by atoms with Crippen LogP contribution in [0, 0.1) is 11.6 Å². The number of halogens is 2. The normalized spacial score (nSPS) is 10.1. The Kier molecular flexibility index (Phi) is 5.87. The van der Waals surface area contributed by atoms with Gasteiger partial charge in [-0.2, -0.15) is 0 Å². The summed E-state index contributed by atoms with van der Waals surface area (Å²) in [7, 11) is 1.51. The number of anilines is 1. The number of carbonyl (C=O) groups is 2. The van der Waals surface area contributed by atoms with Crippen molar-refractivity contribution >= 4 is 17.5 Å². The van der Waals surface area contributed by atoms with Crippen molar-refractivity contribution in [1.29, 1.82) is 0 Å². The number of benzene rings is 1. The third-order valence-electron chi connectivity index (χ3n) is 2.22. The van der Waals surface area contributed by atoms with Crippen LogP contribution < -0.4 is 10.6 Å². The molecule has 104 valence electrons. The zero-order chi connectivity index (χ0) is 14.3. The molecule has 0 heterocycles. The van der Waals surface area contributed by atoms with Crippen LogP contribution in [0.3, 0.4) is 0 Å². The van der Waals surface area contributed by atoms with Crippen LogP contribution in [0.5, 0.6) is 0 Å². The van der Waals surface area contributed by atoms with E-state index < -0.39 is 29.1 Å². The number of hydrogen-bond acceptors (Lipinski definition) is 3. The molecule has 0 fully saturated rings. The molecular weight excluding hydrogens is 258 g/mol. The topological polar surface area (TPSA) is 67.4 Å². The summed E-state index contributed by atoms with van der Waals surface area (Å²) < 4.78 is 31.2. The first-order valence-electron chi connectivity index (χ1n) is 5.58.